The molecule has 19 heavy (non-hydrogen) atoms. The molecule has 1 aliphatic rings. The molecule has 0 bridgehead atoms. The van der Waals surface area contributed by atoms with E-state index in [1.54, 1.807) is 19.1 Å². The standard InChI is InChI=1S/C14H17NO4/c1-8-4-10-9(7-13(17)18)6-12(16)15(2)14(10)11(5-8)19-3/h4-5,9H,6-7H2,1-3H3,(H,17,18). The molecular formula is C14H17NO4. The Balaban J connectivity index is 2.58. The van der Waals surface area contributed by atoms with Crippen LogP contribution in [0, 0.1) is 6.92 Å². The van der Waals surface area contributed by atoms with Crippen LogP contribution in [0.25, 0.3) is 0 Å². The summed E-state index contributed by atoms with van der Waals surface area (Å²) < 4.78 is 5.32. The number of nitrogens with zero attached hydrogens (tertiary/aromatic N) is 1. The number of methoxy groups -OCH3 is 1. The quantitative estimate of drug-likeness (QED) is 0.904. The van der Waals surface area contributed by atoms with Crippen LogP contribution in [0.2, 0.25) is 0 Å². The van der Waals surface area contributed by atoms with Crippen molar-refractivity contribution in [2.75, 3.05) is 19.1 Å². The van der Waals surface area contributed by atoms with Crippen molar-refractivity contribution in [2.45, 2.75) is 25.7 Å². The molecule has 0 aromatic heterocycles. The Kier molecular flexibility index (Phi) is 3.46. The second-order valence-electron chi connectivity index (χ2n) is 4.86. The number of amides is 1. The van der Waals surface area contributed by atoms with Gasteiger partial charge in [-0.15, -0.1) is 0 Å². The van der Waals surface area contributed by atoms with Gasteiger partial charge in [-0.2, -0.15) is 0 Å². The van der Waals surface area contributed by atoms with Gasteiger partial charge in [0.05, 0.1) is 19.2 Å². The van der Waals surface area contributed by atoms with Crippen LogP contribution < -0.4 is 9.64 Å². The minimum Gasteiger partial charge on any atom is -0.495 e. The Bertz CT molecular complexity index is 538. The lowest BCUT2D eigenvalue weighted by Gasteiger charge is -2.32. The van der Waals surface area contributed by atoms with Crippen LogP contribution in [0.15, 0.2) is 12.1 Å². The molecule has 1 aromatic carbocycles. The van der Waals surface area contributed by atoms with Gasteiger partial charge < -0.3 is 14.7 Å². The molecule has 1 amide bonds. The number of anilines is 1. The van der Waals surface area contributed by atoms with E-state index >= 15 is 0 Å². The van der Waals surface area contributed by atoms with E-state index in [4.69, 9.17) is 9.84 Å². The molecule has 1 heterocycles. The van der Waals surface area contributed by atoms with Crippen LogP contribution in [0.4, 0.5) is 5.69 Å². The average molecular weight is 263 g/mol. The molecule has 5 heteroatoms. The highest BCUT2D eigenvalue weighted by molar-refractivity contribution is 5.99. The number of rotatable bonds is 3. The molecule has 0 saturated heterocycles. The van der Waals surface area contributed by atoms with Crippen molar-refractivity contribution in [3.8, 4) is 5.75 Å². The van der Waals surface area contributed by atoms with Crippen LogP contribution in [-0.4, -0.2) is 31.1 Å². The third kappa shape index (κ3) is 2.41. The van der Waals surface area contributed by atoms with Crippen molar-refractivity contribution in [2.24, 2.45) is 0 Å². The molecule has 1 unspecified atom stereocenters. The molecule has 0 saturated carbocycles. The Hall–Kier alpha value is -2.04. The summed E-state index contributed by atoms with van der Waals surface area (Å²) >= 11 is 0. The van der Waals surface area contributed by atoms with Gasteiger partial charge in [0.25, 0.3) is 0 Å². The summed E-state index contributed by atoms with van der Waals surface area (Å²) in [4.78, 5) is 24.5. The lowest BCUT2D eigenvalue weighted by molar-refractivity contribution is -0.137. The van der Waals surface area contributed by atoms with E-state index in [1.165, 1.54) is 0 Å². The van der Waals surface area contributed by atoms with Crippen LogP contribution in [0.3, 0.4) is 0 Å². The average Bonchev–Trinajstić information content (AvgIpc) is 2.33. The van der Waals surface area contributed by atoms with Gasteiger partial charge in [0.1, 0.15) is 5.75 Å². The normalized spacial score (nSPS) is 18.2. The number of carbonyl (C=O) groups excluding carboxylic acids is 1. The van der Waals surface area contributed by atoms with Gasteiger partial charge >= 0.3 is 5.97 Å². The number of carbonyl (C=O) groups is 2. The van der Waals surface area contributed by atoms with Crippen molar-refractivity contribution >= 4 is 17.6 Å². The summed E-state index contributed by atoms with van der Waals surface area (Å²) in [5.41, 5.74) is 2.56. The molecule has 0 radical (unpaired) electrons. The van der Waals surface area contributed by atoms with E-state index < -0.39 is 5.97 Å². The number of carboxylic acids is 1. The summed E-state index contributed by atoms with van der Waals surface area (Å²) in [6, 6.07) is 3.79. The highest BCUT2D eigenvalue weighted by Gasteiger charge is 2.33. The highest BCUT2D eigenvalue weighted by atomic mass is 16.5. The smallest absolute Gasteiger partial charge is 0.303 e. The topological polar surface area (TPSA) is 66.8 Å². The molecule has 1 atom stereocenters. The monoisotopic (exact) mass is 263 g/mol. The number of benzene rings is 1. The first-order valence-electron chi connectivity index (χ1n) is 6.11. The first-order valence-corrected chi connectivity index (χ1v) is 6.11. The number of hydrogen-bond acceptors (Lipinski definition) is 3. The summed E-state index contributed by atoms with van der Waals surface area (Å²) in [6.07, 6.45) is 0.182. The predicted octanol–water partition coefficient (Wildman–Crippen LogP) is 1.93. The molecule has 2 rings (SSSR count). The van der Waals surface area contributed by atoms with Crippen LogP contribution >= 0.6 is 0 Å². The van der Waals surface area contributed by atoms with Crippen LogP contribution in [0.5, 0.6) is 5.75 Å². The van der Waals surface area contributed by atoms with Gasteiger partial charge in [-0.1, -0.05) is 6.07 Å². The number of fused-ring (bicyclic) bond motifs is 1. The van der Waals surface area contributed by atoms with E-state index in [0.717, 1.165) is 11.1 Å². The maximum Gasteiger partial charge on any atom is 0.303 e. The fourth-order valence-corrected chi connectivity index (χ4v) is 2.57. The van der Waals surface area contributed by atoms with Crippen LogP contribution in [0.1, 0.15) is 29.9 Å². The van der Waals surface area contributed by atoms with E-state index in [2.05, 4.69) is 0 Å². The van der Waals surface area contributed by atoms with Gasteiger partial charge in [-0.3, -0.25) is 9.59 Å². The molecule has 1 aliphatic heterocycles. The maximum absolute atomic E-state index is 12.0. The Morgan fingerprint density at radius 2 is 2.21 bits per heavy atom. The molecule has 0 spiro atoms. The van der Waals surface area contributed by atoms with E-state index in [-0.39, 0.29) is 24.7 Å². The second kappa shape index (κ2) is 4.91. The number of aliphatic carboxylic acids is 1. The zero-order valence-electron chi connectivity index (χ0n) is 11.3. The highest BCUT2D eigenvalue weighted by Crippen LogP contribution is 2.43. The first-order chi connectivity index (χ1) is 8.93. The van der Waals surface area contributed by atoms with Crippen molar-refractivity contribution < 1.29 is 19.4 Å². The second-order valence-corrected chi connectivity index (χ2v) is 4.86. The molecule has 0 aliphatic carbocycles. The minimum absolute atomic E-state index is 0.0425. The fraction of sp³-hybridized carbons (Fsp3) is 0.429. The summed E-state index contributed by atoms with van der Waals surface area (Å²) in [7, 11) is 3.24. The number of aryl methyl sites for hydroxylation is 1. The van der Waals surface area contributed by atoms with Crippen molar-refractivity contribution in [1.29, 1.82) is 0 Å². The minimum atomic E-state index is -0.895. The molecule has 1 aromatic rings. The number of carboxylic acid groups (broad SMARTS) is 1. The van der Waals surface area contributed by atoms with E-state index in [9.17, 15) is 9.59 Å². The number of hydrogen-bond donors (Lipinski definition) is 1. The third-order valence-electron chi connectivity index (χ3n) is 3.46. The maximum atomic E-state index is 12.0. The number of ether oxygens (including phenoxy) is 1. The molecule has 102 valence electrons. The predicted molar refractivity (Wildman–Crippen MR) is 70.8 cm³/mol. The lowest BCUT2D eigenvalue weighted by atomic mass is 9.86. The van der Waals surface area contributed by atoms with Crippen LogP contribution in [-0.2, 0) is 9.59 Å². The first kappa shape index (κ1) is 13.4. The Morgan fingerprint density at radius 3 is 2.79 bits per heavy atom. The van der Waals surface area contributed by atoms with E-state index in [1.807, 2.05) is 19.1 Å². The lowest BCUT2D eigenvalue weighted by Crippen LogP contribution is -2.34. The molecular weight excluding hydrogens is 246 g/mol. The Morgan fingerprint density at radius 1 is 1.53 bits per heavy atom. The van der Waals surface area contributed by atoms with E-state index in [0.29, 0.717) is 11.4 Å². The van der Waals surface area contributed by atoms with Gasteiger partial charge in [0, 0.05) is 19.4 Å². The van der Waals surface area contributed by atoms with Gasteiger partial charge in [0.15, 0.2) is 0 Å². The van der Waals surface area contributed by atoms with Gasteiger partial charge in [-0.05, 0) is 24.1 Å². The van der Waals surface area contributed by atoms with Crippen molar-refractivity contribution in [3.05, 3.63) is 23.3 Å². The third-order valence-corrected chi connectivity index (χ3v) is 3.46. The SMILES string of the molecule is COc1cc(C)cc2c1N(C)C(=O)CC2CC(=O)O. The zero-order valence-corrected chi connectivity index (χ0v) is 11.3. The summed E-state index contributed by atoms with van der Waals surface area (Å²) in [6.45, 7) is 1.93. The molecule has 1 N–H and O–H groups in total. The van der Waals surface area contributed by atoms with Crippen molar-refractivity contribution in [1.82, 2.24) is 0 Å². The summed E-state index contributed by atoms with van der Waals surface area (Å²) in [5.74, 6) is -0.652. The molecule has 0 fully saturated rings. The largest absolute Gasteiger partial charge is 0.495 e. The van der Waals surface area contributed by atoms with Crippen molar-refractivity contribution in [3.63, 3.8) is 0 Å². The van der Waals surface area contributed by atoms with Gasteiger partial charge in [-0.25, -0.2) is 0 Å². The fourth-order valence-electron chi connectivity index (χ4n) is 2.57. The zero-order chi connectivity index (χ0) is 14.2. The van der Waals surface area contributed by atoms with Gasteiger partial charge in [0.2, 0.25) is 5.91 Å². The Labute approximate surface area is 111 Å². The molecule has 5 nitrogen and oxygen atoms in total. The summed E-state index contributed by atoms with van der Waals surface area (Å²) in [5, 5.41) is 8.98.